The van der Waals surface area contributed by atoms with Gasteiger partial charge in [-0.25, -0.2) is 4.68 Å². The minimum atomic E-state index is -0.683. The van der Waals surface area contributed by atoms with Gasteiger partial charge < -0.3 is 10.1 Å². The topological polar surface area (TPSA) is 113 Å². The number of carbonyl (C=O) groups excluding carboxylic acids is 1. The fourth-order valence-electron chi connectivity index (χ4n) is 3.08. The summed E-state index contributed by atoms with van der Waals surface area (Å²) in [7, 11) is 1.72. The fourth-order valence-corrected chi connectivity index (χ4v) is 3.08. The Morgan fingerprint density at radius 2 is 1.78 bits per heavy atom. The maximum Gasteiger partial charge on any atom is 0.295 e. The summed E-state index contributed by atoms with van der Waals surface area (Å²) in [5, 5.41) is 20.9. The molecule has 3 rings (SSSR count). The summed E-state index contributed by atoms with van der Waals surface area (Å²) in [6, 6.07) is 19.5. The van der Waals surface area contributed by atoms with Crippen LogP contribution in [0.1, 0.15) is 18.2 Å². The van der Waals surface area contributed by atoms with Crippen LogP contribution in [0, 0.1) is 29.6 Å². The van der Waals surface area contributed by atoms with E-state index in [9.17, 15) is 14.9 Å². The van der Waals surface area contributed by atoms with E-state index in [1.165, 1.54) is 10.8 Å². The SMILES string of the molecule is Cc1c(NC(=O)/C(C#N)=C\c2ccc(OC(C)C#N)cc2)c(=O)n(-c2ccccc2)n1C. The standard InChI is InChI=1S/C24H21N5O3/c1-16(14-25)32-21-11-9-18(10-12-21)13-19(15-26)23(30)27-22-17(2)28(3)29(24(22)31)20-7-5-4-6-8-20/h4-13,16H,1-3H3,(H,27,30)/b19-13-. The van der Waals surface area contributed by atoms with Crippen molar-refractivity contribution >= 4 is 17.7 Å². The number of hydrogen-bond donors (Lipinski definition) is 1. The zero-order valence-electron chi connectivity index (χ0n) is 17.9. The van der Waals surface area contributed by atoms with E-state index < -0.39 is 17.6 Å². The van der Waals surface area contributed by atoms with Crippen molar-refractivity contribution in [2.24, 2.45) is 7.05 Å². The molecule has 2 aromatic carbocycles. The highest BCUT2D eigenvalue weighted by molar-refractivity contribution is 6.09. The number of ether oxygens (including phenoxy) is 1. The lowest BCUT2D eigenvalue weighted by molar-refractivity contribution is -0.112. The van der Waals surface area contributed by atoms with Gasteiger partial charge in [-0.15, -0.1) is 0 Å². The van der Waals surface area contributed by atoms with Gasteiger partial charge in [-0.1, -0.05) is 30.3 Å². The predicted molar refractivity (Wildman–Crippen MR) is 120 cm³/mol. The number of carbonyl (C=O) groups is 1. The Hall–Kier alpha value is -4.56. The number of para-hydroxylation sites is 1. The van der Waals surface area contributed by atoms with Crippen molar-refractivity contribution in [3.8, 4) is 23.6 Å². The summed E-state index contributed by atoms with van der Waals surface area (Å²) in [6.45, 7) is 3.34. The van der Waals surface area contributed by atoms with E-state index in [1.54, 1.807) is 62.0 Å². The first-order chi connectivity index (χ1) is 15.3. The average molecular weight is 427 g/mol. The zero-order chi connectivity index (χ0) is 23.3. The predicted octanol–water partition coefficient (Wildman–Crippen LogP) is 3.32. The third kappa shape index (κ3) is 4.61. The number of anilines is 1. The third-order valence-corrected chi connectivity index (χ3v) is 4.84. The molecule has 1 atom stereocenters. The summed E-state index contributed by atoms with van der Waals surface area (Å²) in [5.41, 5.74) is 1.37. The van der Waals surface area contributed by atoms with Gasteiger partial charge in [0.1, 0.15) is 29.1 Å². The molecule has 0 fully saturated rings. The Bertz CT molecular complexity index is 1300. The molecule has 1 amide bonds. The summed E-state index contributed by atoms with van der Waals surface area (Å²) in [5.74, 6) is -0.183. The van der Waals surface area contributed by atoms with E-state index in [0.717, 1.165) is 0 Å². The molecule has 0 saturated heterocycles. The summed E-state index contributed by atoms with van der Waals surface area (Å²) in [6.07, 6.45) is 0.826. The highest BCUT2D eigenvalue weighted by atomic mass is 16.5. The van der Waals surface area contributed by atoms with Crippen LogP contribution in [0.15, 0.2) is 65.0 Å². The Kier molecular flexibility index (Phi) is 6.57. The molecule has 0 aliphatic carbocycles. The quantitative estimate of drug-likeness (QED) is 0.479. The number of hydrogen-bond acceptors (Lipinski definition) is 5. The van der Waals surface area contributed by atoms with Crippen molar-refractivity contribution in [1.82, 2.24) is 9.36 Å². The lowest BCUT2D eigenvalue weighted by Gasteiger charge is -2.07. The van der Waals surface area contributed by atoms with Crippen LogP contribution in [0.25, 0.3) is 11.8 Å². The van der Waals surface area contributed by atoms with Crippen molar-refractivity contribution in [3.63, 3.8) is 0 Å². The van der Waals surface area contributed by atoms with Gasteiger partial charge in [-0.05, 0) is 49.8 Å². The number of benzene rings is 2. The van der Waals surface area contributed by atoms with E-state index in [-0.39, 0.29) is 11.3 Å². The molecule has 0 aliphatic rings. The van der Waals surface area contributed by atoms with Gasteiger partial charge in [0.15, 0.2) is 6.10 Å². The average Bonchev–Trinajstić information content (AvgIpc) is 3.01. The lowest BCUT2D eigenvalue weighted by Crippen LogP contribution is -2.23. The second-order valence-electron chi connectivity index (χ2n) is 7.02. The number of nitrogens with zero attached hydrogens (tertiary/aromatic N) is 4. The van der Waals surface area contributed by atoms with Crippen LogP contribution in [0.2, 0.25) is 0 Å². The van der Waals surface area contributed by atoms with Crippen LogP contribution in [0.3, 0.4) is 0 Å². The molecule has 160 valence electrons. The summed E-state index contributed by atoms with van der Waals surface area (Å²) >= 11 is 0. The van der Waals surface area contributed by atoms with Gasteiger partial charge in [0.2, 0.25) is 0 Å². The third-order valence-electron chi connectivity index (χ3n) is 4.84. The van der Waals surface area contributed by atoms with Gasteiger partial charge in [-0.2, -0.15) is 10.5 Å². The van der Waals surface area contributed by atoms with Crippen molar-refractivity contribution in [2.75, 3.05) is 5.32 Å². The molecule has 1 unspecified atom stereocenters. The van der Waals surface area contributed by atoms with E-state index in [2.05, 4.69) is 5.32 Å². The smallest absolute Gasteiger partial charge is 0.295 e. The van der Waals surface area contributed by atoms with Crippen LogP contribution >= 0.6 is 0 Å². The summed E-state index contributed by atoms with van der Waals surface area (Å²) in [4.78, 5) is 25.7. The molecule has 3 aromatic rings. The Labute approximate surface area is 185 Å². The maximum atomic E-state index is 13.0. The van der Waals surface area contributed by atoms with Crippen LogP contribution in [0.4, 0.5) is 5.69 Å². The molecule has 0 bridgehead atoms. The molecule has 0 spiro atoms. The van der Waals surface area contributed by atoms with Gasteiger partial charge in [-0.3, -0.25) is 14.3 Å². The van der Waals surface area contributed by atoms with Crippen molar-refractivity contribution in [2.45, 2.75) is 20.0 Å². The lowest BCUT2D eigenvalue weighted by atomic mass is 10.1. The second kappa shape index (κ2) is 9.50. The first kappa shape index (κ1) is 22.1. The number of aromatic nitrogens is 2. The van der Waals surface area contributed by atoms with Gasteiger partial charge in [0, 0.05) is 7.05 Å². The Morgan fingerprint density at radius 3 is 2.38 bits per heavy atom. The molecular weight excluding hydrogens is 406 g/mol. The number of nitriles is 2. The molecule has 1 aromatic heterocycles. The maximum absolute atomic E-state index is 13.0. The monoisotopic (exact) mass is 427 g/mol. The van der Waals surface area contributed by atoms with Crippen LogP contribution < -0.4 is 15.6 Å². The van der Waals surface area contributed by atoms with Crippen LogP contribution in [-0.4, -0.2) is 21.4 Å². The van der Waals surface area contributed by atoms with Gasteiger partial charge in [0.25, 0.3) is 11.5 Å². The molecule has 32 heavy (non-hydrogen) atoms. The molecule has 0 aliphatic heterocycles. The zero-order valence-corrected chi connectivity index (χ0v) is 17.9. The Balaban J connectivity index is 1.86. The first-order valence-corrected chi connectivity index (χ1v) is 9.79. The second-order valence-corrected chi connectivity index (χ2v) is 7.02. The van der Waals surface area contributed by atoms with Crippen molar-refractivity contribution in [3.05, 3.63) is 81.8 Å². The minimum absolute atomic E-state index is 0.108. The number of rotatable bonds is 6. The first-order valence-electron chi connectivity index (χ1n) is 9.79. The summed E-state index contributed by atoms with van der Waals surface area (Å²) < 4.78 is 8.48. The Morgan fingerprint density at radius 1 is 1.12 bits per heavy atom. The van der Waals surface area contributed by atoms with Crippen LogP contribution in [0.5, 0.6) is 5.75 Å². The van der Waals surface area contributed by atoms with E-state index in [0.29, 0.717) is 22.7 Å². The molecular formula is C24H21N5O3. The molecule has 8 nitrogen and oxygen atoms in total. The fraction of sp³-hybridized carbons (Fsp3) is 0.167. The van der Waals surface area contributed by atoms with Crippen LogP contribution in [-0.2, 0) is 11.8 Å². The molecule has 0 radical (unpaired) electrons. The highest BCUT2D eigenvalue weighted by Gasteiger charge is 2.20. The molecule has 1 N–H and O–H groups in total. The van der Waals surface area contributed by atoms with Gasteiger partial charge >= 0.3 is 0 Å². The van der Waals surface area contributed by atoms with E-state index in [1.807, 2.05) is 30.3 Å². The number of nitrogens with one attached hydrogen (secondary N) is 1. The van der Waals surface area contributed by atoms with Crippen molar-refractivity contribution in [1.29, 1.82) is 10.5 Å². The number of amides is 1. The molecule has 8 heteroatoms. The normalized spacial score (nSPS) is 11.8. The highest BCUT2D eigenvalue weighted by Crippen LogP contribution is 2.18. The molecule has 1 heterocycles. The largest absolute Gasteiger partial charge is 0.476 e. The minimum Gasteiger partial charge on any atom is -0.476 e. The van der Waals surface area contributed by atoms with E-state index in [4.69, 9.17) is 10.00 Å². The van der Waals surface area contributed by atoms with E-state index >= 15 is 0 Å². The molecule has 0 saturated carbocycles. The van der Waals surface area contributed by atoms with Gasteiger partial charge in [0.05, 0.1) is 11.4 Å². The van der Waals surface area contributed by atoms with Crippen molar-refractivity contribution < 1.29 is 9.53 Å².